The number of anilines is 1. The topological polar surface area (TPSA) is 68.3 Å². The van der Waals surface area contributed by atoms with Crippen LogP contribution in [0.15, 0.2) is 48.5 Å². The van der Waals surface area contributed by atoms with Crippen LogP contribution in [0.4, 0.5) is 5.69 Å². The molecular weight excluding hydrogens is 432 g/mol. The molecule has 1 aliphatic carbocycles. The molecule has 3 fully saturated rings. The Labute approximate surface area is 200 Å². The molecule has 3 aliphatic rings. The number of ether oxygens (including phenoxy) is 2. The third kappa shape index (κ3) is 4.02. The number of carbonyl (C=O) groups is 2. The van der Waals surface area contributed by atoms with Crippen molar-refractivity contribution < 1.29 is 23.9 Å². The van der Waals surface area contributed by atoms with E-state index in [9.17, 15) is 9.59 Å². The van der Waals surface area contributed by atoms with Crippen LogP contribution in [0.3, 0.4) is 0 Å². The summed E-state index contributed by atoms with van der Waals surface area (Å²) in [4.78, 5) is 34.6. The van der Waals surface area contributed by atoms with Crippen molar-refractivity contribution in [3.8, 4) is 11.5 Å². The fourth-order valence-corrected chi connectivity index (χ4v) is 5.77. The molecule has 2 aromatic rings. The Morgan fingerprint density at radius 3 is 2.35 bits per heavy atom. The molecule has 5 rings (SSSR count). The summed E-state index contributed by atoms with van der Waals surface area (Å²) in [5.41, 5.74) is 1.89. The van der Waals surface area contributed by atoms with Crippen LogP contribution < -0.4 is 14.5 Å². The second-order valence-electron chi connectivity index (χ2n) is 9.37. The van der Waals surface area contributed by atoms with E-state index in [1.807, 2.05) is 53.6 Å². The van der Waals surface area contributed by atoms with Gasteiger partial charge in [0, 0.05) is 6.54 Å². The highest BCUT2D eigenvalue weighted by atomic mass is 16.7. The smallest absolute Gasteiger partial charge is 0.261 e. The van der Waals surface area contributed by atoms with Crippen molar-refractivity contribution in [1.29, 1.82) is 0 Å². The summed E-state index contributed by atoms with van der Waals surface area (Å²) in [6.07, 6.45) is 5.48. The van der Waals surface area contributed by atoms with Gasteiger partial charge in [-0.15, -0.1) is 0 Å². The number of methoxy groups -OCH3 is 2. The van der Waals surface area contributed by atoms with Gasteiger partial charge in [-0.2, -0.15) is 0 Å². The van der Waals surface area contributed by atoms with E-state index >= 15 is 0 Å². The highest BCUT2D eigenvalue weighted by Crippen LogP contribution is 2.45. The number of carbonyl (C=O) groups excluding carboxylic acids is 2. The number of hydrogen-bond acceptors (Lipinski definition) is 6. The lowest BCUT2D eigenvalue weighted by molar-refractivity contribution is -0.143. The number of hydroxylamine groups is 1. The van der Waals surface area contributed by atoms with Gasteiger partial charge in [-0.25, -0.2) is 5.06 Å². The van der Waals surface area contributed by atoms with Crippen LogP contribution in [0.25, 0.3) is 0 Å². The van der Waals surface area contributed by atoms with Gasteiger partial charge in [0.2, 0.25) is 5.91 Å². The number of imide groups is 1. The summed E-state index contributed by atoms with van der Waals surface area (Å²) in [6, 6.07) is 15.4. The molecule has 0 bridgehead atoms. The normalized spacial score (nSPS) is 25.1. The molecule has 3 atom stereocenters. The first kappa shape index (κ1) is 22.7. The lowest BCUT2D eigenvalue weighted by Gasteiger charge is -2.35. The van der Waals surface area contributed by atoms with Crippen LogP contribution >= 0.6 is 0 Å². The number of rotatable bonds is 7. The van der Waals surface area contributed by atoms with E-state index in [1.165, 1.54) is 11.3 Å². The number of benzene rings is 2. The highest BCUT2D eigenvalue weighted by molar-refractivity contribution is 6.07. The minimum atomic E-state index is -0.745. The summed E-state index contributed by atoms with van der Waals surface area (Å²) in [7, 11) is 3.19. The first-order valence-corrected chi connectivity index (χ1v) is 12.2. The Kier molecular flexibility index (Phi) is 6.46. The number of amides is 2. The van der Waals surface area contributed by atoms with Gasteiger partial charge in [0.25, 0.3) is 5.91 Å². The molecule has 2 heterocycles. The molecule has 7 heteroatoms. The second kappa shape index (κ2) is 9.66. The van der Waals surface area contributed by atoms with Crippen molar-refractivity contribution in [2.24, 2.45) is 11.8 Å². The zero-order valence-electron chi connectivity index (χ0n) is 19.8. The van der Waals surface area contributed by atoms with Crippen LogP contribution in [0.2, 0.25) is 0 Å². The minimum Gasteiger partial charge on any atom is -0.493 e. The molecule has 0 spiro atoms. The minimum absolute atomic E-state index is 0.107. The molecule has 2 aromatic carbocycles. The quantitative estimate of drug-likeness (QED) is 0.577. The summed E-state index contributed by atoms with van der Waals surface area (Å²) in [5, 5.41) is 1.87. The molecule has 0 N–H and O–H groups in total. The van der Waals surface area contributed by atoms with E-state index in [0.717, 1.165) is 36.9 Å². The molecule has 0 unspecified atom stereocenters. The Morgan fingerprint density at radius 2 is 1.65 bits per heavy atom. The van der Waals surface area contributed by atoms with E-state index in [4.69, 9.17) is 14.3 Å². The molecule has 2 saturated heterocycles. The maximum Gasteiger partial charge on any atom is 0.261 e. The van der Waals surface area contributed by atoms with Crippen LogP contribution in [0, 0.1) is 11.8 Å². The van der Waals surface area contributed by atoms with Gasteiger partial charge in [0.1, 0.15) is 0 Å². The number of para-hydroxylation sites is 1. The van der Waals surface area contributed by atoms with E-state index in [2.05, 4.69) is 0 Å². The van der Waals surface area contributed by atoms with Gasteiger partial charge >= 0.3 is 0 Å². The number of likely N-dealkylation sites (tertiary alicyclic amines) is 1. The third-order valence-corrected chi connectivity index (χ3v) is 7.47. The van der Waals surface area contributed by atoms with Gasteiger partial charge in [-0.1, -0.05) is 43.5 Å². The molecule has 7 nitrogen and oxygen atoms in total. The molecule has 0 aromatic heterocycles. The number of hydrogen-bond donors (Lipinski definition) is 0. The van der Waals surface area contributed by atoms with Gasteiger partial charge < -0.3 is 9.47 Å². The molecule has 180 valence electrons. The number of fused-ring (bicyclic) bond motifs is 1. The van der Waals surface area contributed by atoms with Crippen LogP contribution in [0.1, 0.15) is 37.7 Å². The van der Waals surface area contributed by atoms with Crippen LogP contribution in [-0.2, 0) is 20.8 Å². The SMILES string of the molecule is COc1ccc(CCN2C(=O)[C@@H]3[C@H](ON(c4ccccc4)[C@H]3C3CCCCC3)C2=O)cc1OC. The molecule has 2 aliphatic heterocycles. The van der Waals surface area contributed by atoms with Crippen LogP contribution in [0.5, 0.6) is 11.5 Å². The molecule has 2 amide bonds. The van der Waals surface area contributed by atoms with E-state index in [1.54, 1.807) is 14.2 Å². The Morgan fingerprint density at radius 1 is 0.912 bits per heavy atom. The molecular formula is C27H32N2O5. The molecule has 0 radical (unpaired) electrons. The predicted octanol–water partition coefficient (Wildman–Crippen LogP) is 4.00. The van der Waals surface area contributed by atoms with Crippen molar-refractivity contribution in [2.45, 2.75) is 50.7 Å². The Bertz CT molecular complexity index is 1040. The average Bonchev–Trinajstić information content (AvgIpc) is 3.39. The Balaban J connectivity index is 1.36. The largest absolute Gasteiger partial charge is 0.493 e. The number of nitrogens with zero attached hydrogens (tertiary/aromatic N) is 2. The predicted molar refractivity (Wildman–Crippen MR) is 128 cm³/mol. The zero-order chi connectivity index (χ0) is 23.7. The van der Waals surface area contributed by atoms with E-state index < -0.39 is 12.0 Å². The van der Waals surface area contributed by atoms with Crippen molar-refractivity contribution in [3.05, 3.63) is 54.1 Å². The summed E-state index contributed by atoms with van der Waals surface area (Å²) < 4.78 is 10.7. The average molecular weight is 465 g/mol. The van der Waals surface area contributed by atoms with Crippen LogP contribution in [-0.4, -0.2) is 49.6 Å². The summed E-state index contributed by atoms with van der Waals surface area (Å²) in [5.74, 6) is 0.834. The van der Waals surface area contributed by atoms with Gasteiger partial charge in [-0.3, -0.25) is 19.3 Å². The van der Waals surface area contributed by atoms with Gasteiger partial charge in [0.05, 0.1) is 31.9 Å². The lowest BCUT2D eigenvalue weighted by Crippen LogP contribution is -2.45. The monoisotopic (exact) mass is 464 g/mol. The first-order chi connectivity index (χ1) is 16.6. The maximum absolute atomic E-state index is 13.6. The standard InChI is InChI=1S/C27H32N2O5/c1-32-21-14-13-18(17-22(21)33-2)15-16-28-26(30)23-24(19-9-5-3-6-10-19)29(34-25(23)27(28)31)20-11-7-4-8-12-20/h4,7-8,11-14,17,19,23-25H,3,5-6,9-10,15-16H2,1-2H3/t23-,24-,25-/m0/s1. The fourth-order valence-electron chi connectivity index (χ4n) is 5.77. The van der Waals surface area contributed by atoms with Crippen molar-refractivity contribution >= 4 is 17.5 Å². The second-order valence-corrected chi connectivity index (χ2v) is 9.37. The fraction of sp³-hybridized carbons (Fsp3) is 0.481. The highest BCUT2D eigenvalue weighted by Gasteiger charge is 2.60. The molecule has 1 saturated carbocycles. The van der Waals surface area contributed by atoms with Gasteiger partial charge in [-0.05, 0) is 55.0 Å². The van der Waals surface area contributed by atoms with Gasteiger partial charge in [0.15, 0.2) is 17.6 Å². The third-order valence-electron chi connectivity index (χ3n) is 7.47. The zero-order valence-corrected chi connectivity index (χ0v) is 19.8. The first-order valence-electron chi connectivity index (χ1n) is 12.2. The van der Waals surface area contributed by atoms with E-state index in [-0.39, 0.29) is 17.9 Å². The molecule has 34 heavy (non-hydrogen) atoms. The Hall–Kier alpha value is -3.06. The summed E-state index contributed by atoms with van der Waals surface area (Å²) >= 11 is 0. The van der Waals surface area contributed by atoms with E-state index in [0.29, 0.717) is 30.4 Å². The van der Waals surface area contributed by atoms with Crippen molar-refractivity contribution in [3.63, 3.8) is 0 Å². The van der Waals surface area contributed by atoms with Crippen molar-refractivity contribution in [1.82, 2.24) is 4.90 Å². The summed E-state index contributed by atoms with van der Waals surface area (Å²) in [6.45, 7) is 0.326. The maximum atomic E-state index is 13.6. The van der Waals surface area contributed by atoms with Crippen molar-refractivity contribution in [2.75, 3.05) is 25.8 Å². The lowest BCUT2D eigenvalue weighted by atomic mass is 9.77.